The topological polar surface area (TPSA) is 83.0 Å². The molecule has 6 nitrogen and oxygen atoms in total. The Morgan fingerprint density at radius 1 is 1.53 bits per heavy atom. The van der Waals surface area contributed by atoms with Crippen molar-refractivity contribution >= 4 is 39.0 Å². The van der Waals surface area contributed by atoms with Crippen LogP contribution < -0.4 is 5.73 Å². The van der Waals surface area contributed by atoms with Gasteiger partial charge in [0.25, 0.3) is 0 Å². The van der Waals surface area contributed by atoms with Gasteiger partial charge in [-0.3, -0.25) is 4.57 Å². The van der Waals surface area contributed by atoms with E-state index >= 15 is 0 Å². The largest absolute Gasteiger partial charge is 0.467 e. The van der Waals surface area contributed by atoms with Crippen molar-refractivity contribution in [3.8, 4) is 0 Å². The molecule has 7 heteroatoms. The number of fused-ring (bicyclic) bond motifs is 1. The van der Waals surface area contributed by atoms with Crippen LogP contribution in [0.2, 0.25) is 0 Å². The quantitative estimate of drug-likeness (QED) is 0.874. The van der Waals surface area contributed by atoms with Crippen LogP contribution in [0.4, 0.5) is 5.95 Å². The number of esters is 1. The fourth-order valence-corrected chi connectivity index (χ4v) is 2.36. The zero-order valence-electron chi connectivity index (χ0n) is 10.9. The van der Waals surface area contributed by atoms with E-state index < -0.39 is 6.04 Å². The van der Waals surface area contributed by atoms with Gasteiger partial charge in [0.2, 0.25) is 5.95 Å². The van der Waals surface area contributed by atoms with Crippen molar-refractivity contribution in [1.82, 2.24) is 14.5 Å². The normalized spacial score (nSPS) is 12.9. The van der Waals surface area contributed by atoms with E-state index in [0.29, 0.717) is 11.2 Å². The number of ether oxygens (including phenoxy) is 1. The maximum atomic E-state index is 12.0. The first-order chi connectivity index (χ1) is 8.95. The zero-order valence-corrected chi connectivity index (χ0v) is 12.5. The number of rotatable bonds is 3. The molecule has 19 heavy (non-hydrogen) atoms. The van der Waals surface area contributed by atoms with Gasteiger partial charge in [0.05, 0.1) is 7.11 Å². The molecule has 0 aliphatic rings. The third-order valence-corrected chi connectivity index (χ3v) is 3.31. The van der Waals surface area contributed by atoms with Gasteiger partial charge in [-0.05, 0) is 27.9 Å². The lowest BCUT2D eigenvalue weighted by Crippen LogP contribution is -2.27. The molecular formula is C12H15BrN4O2. The summed E-state index contributed by atoms with van der Waals surface area (Å²) in [6.45, 7) is 3.84. The van der Waals surface area contributed by atoms with Gasteiger partial charge in [-0.2, -0.15) is 0 Å². The third-order valence-electron chi connectivity index (χ3n) is 2.88. The number of imidazole rings is 1. The maximum Gasteiger partial charge on any atom is 0.329 e. The number of halogens is 1. The number of methoxy groups -OCH3 is 1. The van der Waals surface area contributed by atoms with Gasteiger partial charge in [-0.25, -0.2) is 14.8 Å². The van der Waals surface area contributed by atoms with Crippen LogP contribution in [-0.2, 0) is 9.53 Å². The van der Waals surface area contributed by atoms with Crippen LogP contribution in [0.1, 0.15) is 19.9 Å². The van der Waals surface area contributed by atoms with E-state index in [-0.39, 0.29) is 17.8 Å². The molecule has 0 radical (unpaired) electrons. The summed E-state index contributed by atoms with van der Waals surface area (Å²) < 4.78 is 7.28. The van der Waals surface area contributed by atoms with Crippen molar-refractivity contribution in [1.29, 1.82) is 0 Å². The number of hydrogen-bond donors (Lipinski definition) is 1. The van der Waals surface area contributed by atoms with Crippen LogP contribution in [0, 0.1) is 5.92 Å². The molecule has 102 valence electrons. The molecule has 2 rings (SSSR count). The second-order valence-corrected chi connectivity index (χ2v) is 5.46. The Hall–Kier alpha value is -1.63. The summed E-state index contributed by atoms with van der Waals surface area (Å²) in [5, 5.41) is 0. The van der Waals surface area contributed by atoms with E-state index in [2.05, 4.69) is 25.9 Å². The highest BCUT2D eigenvalue weighted by atomic mass is 79.9. The Bertz CT molecular complexity index is 623. The number of nitrogen functional groups attached to an aromatic ring is 1. The fourth-order valence-electron chi connectivity index (χ4n) is 2.05. The maximum absolute atomic E-state index is 12.0. The Kier molecular flexibility index (Phi) is 3.75. The van der Waals surface area contributed by atoms with E-state index in [0.717, 1.165) is 4.47 Å². The van der Waals surface area contributed by atoms with Gasteiger partial charge in [0.1, 0.15) is 11.6 Å². The summed E-state index contributed by atoms with van der Waals surface area (Å²) >= 11 is 3.33. The Labute approximate surface area is 119 Å². The van der Waals surface area contributed by atoms with Crippen molar-refractivity contribution in [3.63, 3.8) is 0 Å². The number of nitrogens with two attached hydrogens (primary N) is 1. The number of anilines is 1. The van der Waals surface area contributed by atoms with E-state index in [1.54, 1.807) is 10.8 Å². The van der Waals surface area contributed by atoms with Gasteiger partial charge < -0.3 is 10.5 Å². The first kappa shape index (κ1) is 13.8. The molecule has 1 unspecified atom stereocenters. The Morgan fingerprint density at radius 2 is 2.21 bits per heavy atom. The highest BCUT2D eigenvalue weighted by molar-refractivity contribution is 9.10. The second kappa shape index (κ2) is 5.16. The minimum Gasteiger partial charge on any atom is -0.467 e. The van der Waals surface area contributed by atoms with Crippen molar-refractivity contribution in [2.24, 2.45) is 5.92 Å². The smallest absolute Gasteiger partial charge is 0.329 e. The average Bonchev–Trinajstić information content (AvgIpc) is 2.65. The number of carbonyl (C=O) groups is 1. The van der Waals surface area contributed by atoms with E-state index in [1.165, 1.54) is 7.11 Å². The average molecular weight is 327 g/mol. The summed E-state index contributed by atoms with van der Waals surface area (Å²) in [5.41, 5.74) is 7.14. The Morgan fingerprint density at radius 3 is 2.79 bits per heavy atom. The van der Waals surface area contributed by atoms with E-state index in [4.69, 9.17) is 10.5 Å². The zero-order chi connectivity index (χ0) is 14.2. The lowest BCUT2D eigenvalue weighted by atomic mass is 10.0. The predicted molar refractivity (Wildman–Crippen MR) is 75.5 cm³/mol. The van der Waals surface area contributed by atoms with E-state index in [1.807, 2.05) is 19.9 Å². The number of hydrogen-bond acceptors (Lipinski definition) is 5. The SMILES string of the molecule is COC(=O)C(C(C)C)n1c(N)nc2cc(Br)cnc21. The summed E-state index contributed by atoms with van der Waals surface area (Å²) in [6, 6.07) is 1.27. The van der Waals surface area contributed by atoms with Gasteiger partial charge in [0, 0.05) is 10.7 Å². The first-order valence-electron chi connectivity index (χ1n) is 5.82. The molecule has 0 aliphatic heterocycles. The van der Waals surface area contributed by atoms with Crippen LogP contribution in [-0.4, -0.2) is 27.6 Å². The van der Waals surface area contributed by atoms with Gasteiger partial charge >= 0.3 is 5.97 Å². The molecule has 0 saturated heterocycles. The summed E-state index contributed by atoms with van der Waals surface area (Å²) in [6.07, 6.45) is 1.65. The molecule has 2 aromatic rings. The van der Waals surface area contributed by atoms with Gasteiger partial charge in [-0.15, -0.1) is 0 Å². The van der Waals surface area contributed by atoms with Crippen molar-refractivity contribution in [3.05, 3.63) is 16.7 Å². The lowest BCUT2D eigenvalue weighted by molar-refractivity contribution is -0.145. The molecular weight excluding hydrogens is 312 g/mol. The number of aromatic nitrogens is 3. The van der Waals surface area contributed by atoms with Crippen LogP contribution in [0.25, 0.3) is 11.2 Å². The molecule has 0 fully saturated rings. The Balaban J connectivity index is 2.65. The first-order valence-corrected chi connectivity index (χ1v) is 6.61. The monoisotopic (exact) mass is 326 g/mol. The molecule has 0 bridgehead atoms. The number of carbonyl (C=O) groups excluding carboxylic acids is 1. The fraction of sp³-hybridized carbons (Fsp3) is 0.417. The molecule has 0 aliphatic carbocycles. The van der Waals surface area contributed by atoms with Gasteiger partial charge in [0.15, 0.2) is 5.65 Å². The molecule has 2 N–H and O–H groups in total. The number of pyridine rings is 1. The summed E-state index contributed by atoms with van der Waals surface area (Å²) in [5.74, 6) is -0.0898. The molecule has 2 aromatic heterocycles. The van der Waals surface area contributed by atoms with Crippen LogP contribution in [0.3, 0.4) is 0 Å². The molecule has 0 aromatic carbocycles. The minimum absolute atomic E-state index is 0.0117. The molecule has 0 saturated carbocycles. The van der Waals surface area contributed by atoms with Crippen LogP contribution in [0.5, 0.6) is 0 Å². The lowest BCUT2D eigenvalue weighted by Gasteiger charge is -2.21. The van der Waals surface area contributed by atoms with Crippen LogP contribution >= 0.6 is 15.9 Å². The van der Waals surface area contributed by atoms with Crippen molar-refractivity contribution < 1.29 is 9.53 Å². The van der Waals surface area contributed by atoms with Crippen molar-refractivity contribution in [2.75, 3.05) is 12.8 Å². The second-order valence-electron chi connectivity index (χ2n) is 4.55. The number of nitrogens with zero attached hydrogens (tertiary/aromatic N) is 3. The molecule has 0 spiro atoms. The van der Waals surface area contributed by atoms with E-state index in [9.17, 15) is 4.79 Å². The molecule has 0 amide bonds. The highest BCUT2D eigenvalue weighted by Crippen LogP contribution is 2.28. The third kappa shape index (κ3) is 2.42. The molecule has 2 heterocycles. The van der Waals surface area contributed by atoms with Crippen LogP contribution in [0.15, 0.2) is 16.7 Å². The van der Waals surface area contributed by atoms with Crippen molar-refractivity contribution in [2.45, 2.75) is 19.9 Å². The summed E-state index contributed by atoms with van der Waals surface area (Å²) in [7, 11) is 1.36. The van der Waals surface area contributed by atoms with Gasteiger partial charge in [-0.1, -0.05) is 13.8 Å². The summed E-state index contributed by atoms with van der Waals surface area (Å²) in [4.78, 5) is 20.5. The predicted octanol–water partition coefficient (Wildman–Crippen LogP) is 2.15. The molecule has 1 atom stereocenters. The minimum atomic E-state index is -0.538. The highest BCUT2D eigenvalue weighted by Gasteiger charge is 2.29. The standard InChI is InChI=1S/C12H15BrN4O2/c1-6(2)9(11(18)19-3)17-10-8(16-12(17)14)4-7(13)5-15-10/h4-6,9H,1-3H3,(H2,14,16).